The average Bonchev–Trinajstić information content (AvgIpc) is 3.68. The van der Waals surface area contributed by atoms with Crippen LogP contribution >= 0.6 is 0 Å². The standard InChI is InChI=1S/C60H51NO/c1-59(2,3)45-36-44(37-46(39-45)60(4,5)6)50-26-15-20-42-21-16-28-52(57(42)50)51-24-10-12-29-54(51)61(47-34-32-41(33-35-47)40-18-8-7-9-19-40)48-23-14-22-43(38-48)49-27-17-31-56-58(49)53-25-11-13-30-55(53)62-56/h7-39H,1-6H3. The summed E-state index contributed by atoms with van der Waals surface area (Å²) in [4.78, 5) is 2.43. The van der Waals surface area contributed by atoms with Crippen LogP contribution in [0.5, 0.6) is 0 Å². The highest BCUT2D eigenvalue weighted by Crippen LogP contribution is 2.47. The summed E-state index contributed by atoms with van der Waals surface area (Å²) in [6.07, 6.45) is 0. The Hall–Kier alpha value is -7.16. The largest absolute Gasteiger partial charge is 0.456 e. The van der Waals surface area contributed by atoms with Crippen LogP contribution in [0.1, 0.15) is 52.7 Å². The predicted molar refractivity (Wildman–Crippen MR) is 265 cm³/mol. The molecule has 0 fully saturated rings. The summed E-state index contributed by atoms with van der Waals surface area (Å²) >= 11 is 0. The van der Waals surface area contributed by atoms with Crippen molar-refractivity contribution in [1.29, 1.82) is 0 Å². The number of hydrogen-bond donors (Lipinski definition) is 0. The van der Waals surface area contributed by atoms with Crippen LogP contribution in [0.25, 0.3) is 77.2 Å². The van der Waals surface area contributed by atoms with Crippen LogP contribution in [0.15, 0.2) is 205 Å². The number of furan rings is 1. The summed E-state index contributed by atoms with van der Waals surface area (Å²) in [5, 5.41) is 4.72. The molecule has 10 aromatic rings. The molecule has 10 rings (SSSR count). The topological polar surface area (TPSA) is 16.4 Å². The second-order valence-electron chi connectivity index (χ2n) is 18.6. The summed E-state index contributed by atoms with van der Waals surface area (Å²) in [6, 6.07) is 73.0. The van der Waals surface area contributed by atoms with Gasteiger partial charge in [0.25, 0.3) is 0 Å². The number of anilines is 3. The van der Waals surface area contributed by atoms with E-state index in [4.69, 9.17) is 4.42 Å². The third kappa shape index (κ3) is 7.16. The Morgan fingerprint density at radius 1 is 0.355 bits per heavy atom. The number of para-hydroxylation sites is 2. The predicted octanol–water partition coefficient (Wildman–Crippen LogP) is 17.5. The highest BCUT2D eigenvalue weighted by Gasteiger charge is 2.24. The number of fused-ring (bicyclic) bond motifs is 4. The Morgan fingerprint density at radius 2 is 0.903 bits per heavy atom. The number of hydrogen-bond acceptors (Lipinski definition) is 2. The van der Waals surface area contributed by atoms with Crippen molar-refractivity contribution in [3.8, 4) is 44.5 Å². The molecule has 2 heteroatoms. The van der Waals surface area contributed by atoms with Crippen molar-refractivity contribution >= 4 is 49.8 Å². The van der Waals surface area contributed by atoms with Crippen molar-refractivity contribution in [1.82, 2.24) is 0 Å². The molecule has 2 nitrogen and oxygen atoms in total. The van der Waals surface area contributed by atoms with Gasteiger partial charge in [-0.1, -0.05) is 199 Å². The molecule has 0 unspecified atom stereocenters. The maximum Gasteiger partial charge on any atom is 0.136 e. The Balaban J connectivity index is 1.19. The summed E-state index contributed by atoms with van der Waals surface area (Å²) in [5.41, 5.74) is 17.2. The van der Waals surface area contributed by atoms with E-state index < -0.39 is 0 Å². The van der Waals surface area contributed by atoms with Crippen LogP contribution in [0.4, 0.5) is 17.1 Å². The van der Waals surface area contributed by atoms with Crippen molar-refractivity contribution in [2.75, 3.05) is 4.90 Å². The zero-order valence-electron chi connectivity index (χ0n) is 36.4. The van der Waals surface area contributed by atoms with E-state index >= 15 is 0 Å². The first-order valence-corrected chi connectivity index (χ1v) is 21.8. The molecule has 0 spiro atoms. The fraction of sp³-hybridized carbons (Fsp3) is 0.133. The molecule has 0 saturated heterocycles. The first kappa shape index (κ1) is 39.0. The SMILES string of the molecule is CC(C)(C)c1cc(-c2cccc3cccc(-c4ccccc4N(c4ccc(-c5ccccc5)cc4)c4cccc(-c5cccc6oc7ccccc7c56)c4)c23)cc(C(C)(C)C)c1. The molecule has 0 amide bonds. The minimum absolute atomic E-state index is 0.00262. The normalized spacial score (nSPS) is 12.0. The zero-order valence-corrected chi connectivity index (χ0v) is 36.4. The van der Waals surface area contributed by atoms with Crippen LogP contribution < -0.4 is 4.90 Å². The van der Waals surface area contributed by atoms with Gasteiger partial charge in [0.2, 0.25) is 0 Å². The van der Waals surface area contributed by atoms with Gasteiger partial charge in [-0.15, -0.1) is 0 Å². The smallest absolute Gasteiger partial charge is 0.136 e. The fourth-order valence-corrected chi connectivity index (χ4v) is 9.04. The van der Waals surface area contributed by atoms with Crippen LogP contribution in [0.3, 0.4) is 0 Å². The zero-order chi connectivity index (χ0) is 42.6. The maximum absolute atomic E-state index is 6.36. The Kier molecular flexibility index (Phi) is 9.68. The van der Waals surface area contributed by atoms with E-state index in [1.807, 2.05) is 6.07 Å². The Bertz CT molecular complexity index is 3210. The van der Waals surface area contributed by atoms with Gasteiger partial charge in [0.15, 0.2) is 0 Å². The second kappa shape index (κ2) is 15.4. The summed E-state index contributed by atoms with van der Waals surface area (Å²) < 4.78 is 6.36. The quantitative estimate of drug-likeness (QED) is 0.160. The van der Waals surface area contributed by atoms with Gasteiger partial charge in [-0.05, 0) is 114 Å². The number of rotatable bonds is 7. The van der Waals surface area contributed by atoms with Crippen LogP contribution in [0, 0.1) is 0 Å². The van der Waals surface area contributed by atoms with E-state index in [2.05, 4.69) is 241 Å². The molecule has 0 atom stereocenters. The first-order chi connectivity index (χ1) is 30.0. The lowest BCUT2D eigenvalue weighted by molar-refractivity contribution is 0.569. The van der Waals surface area contributed by atoms with E-state index in [0.29, 0.717) is 0 Å². The van der Waals surface area contributed by atoms with Gasteiger partial charge < -0.3 is 9.32 Å². The van der Waals surface area contributed by atoms with Crippen molar-refractivity contribution in [3.05, 3.63) is 211 Å². The maximum atomic E-state index is 6.36. The molecular weight excluding hydrogens is 751 g/mol. The van der Waals surface area contributed by atoms with Crippen molar-refractivity contribution in [3.63, 3.8) is 0 Å². The van der Waals surface area contributed by atoms with Crippen molar-refractivity contribution < 1.29 is 4.42 Å². The third-order valence-corrected chi connectivity index (χ3v) is 12.4. The van der Waals surface area contributed by atoms with Gasteiger partial charge in [-0.3, -0.25) is 0 Å². The van der Waals surface area contributed by atoms with Crippen LogP contribution in [-0.4, -0.2) is 0 Å². The summed E-state index contributed by atoms with van der Waals surface area (Å²) in [7, 11) is 0. The average molecular weight is 802 g/mol. The molecule has 1 heterocycles. The molecule has 0 aliphatic rings. The van der Waals surface area contributed by atoms with Crippen molar-refractivity contribution in [2.24, 2.45) is 0 Å². The van der Waals surface area contributed by atoms with E-state index in [0.717, 1.165) is 55.7 Å². The first-order valence-electron chi connectivity index (χ1n) is 21.8. The molecule has 1 aromatic heterocycles. The van der Waals surface area contributed by atoms with Gasteiger partial charge in [-0.2, -0.15) is 0 Å². The minimum atomic E-state index is -0.00262. The van der Waals surface area contributed by atoms with Gasteiger partial charge in [-0.25, -0.2) is 0 Å². The van der Waals surface area contributed by atoms with E-state index in [9.17, 15) is 0 Å². The molecule has 302 valence electrons. The molecule has 0 saturated carbocycles. The van der Waals surface area contributed by atoms with Gasteiger partial charge in [0, 0.05) is 27.7 Å². The van der Waals surface area contributed by atoms with Gasteiger partial charge >= 0.3 is 0 Å². The molecular formula is C60H51NO. The Labute approximate surface area is 365 Å². The number of nitrogens with zero attached hydrogens (tertiary/aromatic N) is 1. The molecule has 0 aliphatic heterocycles. The van der Waals surface area contributed by atoms with Gasteiger partial charge in [0.1, 0.15) is 11.2 Å². The van der Waals surface area contributed by atoms with Gasteiger partial charge in [0.05, 0.1) is 5.69 Å². The highest BCUT2D eigenvalue weighted by atomic mass is 16.3. The summed E-state index contributed by atoms with van der Waals surface area (Å²) in [5.74, 6) is 0. The summed E-state index contributed by atoms with van der Waals surface area (Å²) in [6.45, 7) is 13.9. The lowest BCUT2D eigenvalue weighted by Gasteiger charge is -2.29. The monoisotopic (exact) mass is 801 g/mol. The molecule has 9 aromatic carbocycles. The lowest BCUT2D eigenvalue weighted by atomic mass is 9.78. The highest BCUT2D eigenvalue weighted by molar-refractivity contribution is 6.13. The molecule has 0 aliphatic carbocycles. The van der Waals surface area contributed by atoms with E-state index in [1.54, 1.807) is 0 Å². The van der Waals surface area contributed by atoms with E-state index in [1.165, 1.54) is 49.7 Å². The third-order valence-electron chi connectivity index (χ3n) is 12.4. The van der Waals surface area contributed by atoms with E-state index in [-0.39, 0.29) is 10.8 Å². The molecule has 0 N–H and O–H groups in total. The second-order valence-corrected chi connectivity index (χ2v) is 18.6. The molecule has 62 heavy (non-hydrogen) atoms. The minimum Gasteiger partial charge on any atom is -0.456 e. The molecule has 0 radical (unpaired) electrons. The van der Waals surface area contributed by atoms with Crippen molar-refractivity contribution in [2.45, 2.75) is 52.4 Å². The molecule has 0 bridgehead atoms. The number of benzene rings is 9. The van der Waals surface area contributed by atoms with Crippen LogP contribution in [-0.2, 0) is 10.8 Å². The Morgan fingerprint density at radius 3 is 1.63 bits per heavy atom. The fourth-order valence-electron chi connectivity index (χ4n) is 9.04. The lowest BCUT2D eigenvalue weighted by Crippen LogP contribution is -2.16. The van der Waals surface area contributed by atoms with Crippen LogP contribution in [0.2, 0.25) is 0 Å².